The monoisotopic (exact) mass is 348 g/mol. The molecule has 19 heavy (non-hydrogen) atoms. The third kappa shape index (κ3) is 3.20. The fourth-order valence-corrected chi connectivity index (χ4v) is 3.59. The lowest BCUT2D eigenvalue weighted by Crippen LogP contribution is -2.24. The molecule has 0 spiro atoms. The van der Waals surface area contributed by atoms with Crippen molar-refractivity contribution >= 4 is 26.0 Å². The highest BCUT2D eigenvalue weighted by atomic mass is 79.9. The fourth-order valence-electron chi connectivity index (χ4n) is 1.48. The summed E-state index contributed by atoms with van der Waals surface area (Å²) in [7, 11) is -3.96. The van der Waals surface area contributed by atoms with Crippen LogP contribution in [0.4, 0.5) is 4.39 Å². The summed E-state index contributed by atoms with van der Waals surface area (Å²) < 4.78 is 44.9. The number of hydrogen-bond acceptors (Lipinski definition) is 4. The zero-order valence-corrected chi connectivity index (χ0v) is 12.3. The molecule has 0 aliphatic heterocycles. The zero-order valence-electron chi connectivity index (χ0n) is 9.85. The number of aryl methyl sites for hydroxylation is 1. The first-order valence-corrected chi connectivity index (χ1v) is 7.53. The van der Waals surface area contributed by atoms with Gasteiger partial charge in [0.05, 0.1) is 12.2 Å². The van der Waals surface area contributed by atoms with Gasteiger partial charge in [0.25, 0.3) is 0 Å². The summed E-state index contributed by atoms with van der Waals surface area (Å²) in [5.74, 6) is -0.250. The highest BCUT2D eigenvalue weighted by molar-refractivity contribution is 9.10. The highest BCUT2D eigenvalue weighted by Crippen LogP contribution is 2.24. The van der Waals surface area contributed by atoms with Gasteiger partial charge in [-0.2, -0.15) is 0 Å². The average Bonchev–Trinajstić information content (AvgIpc) is 2.72. The molecule has 0 atom stereocenters. The van der Waals surface area contributed by atoms with Crippen LogP contribution in [0.2, 0.25) is 0 Å². The first kappa shape index (κ1) is 14.2. The van der Waals surface area contributed by atoms with Gasteiger partial charge in [0.2, 0.25) is 10.0 Å². The Morgan fingerprint density at radius 1 is 1.47 bits per heavy atom. The quantitative estimate of drug-likeness (QED) is 0.920. The lowest BCUT2D eigenvalue weighted by atomic mass is 10.3. The third-order valence-electron chi connectivity index (χ3n) is 2.31. The molecule has 2 aromatic rings. The van der Waals surface area contributed by atoms with E-state index >= 15 is 0 Å². The van der Waals surface area contributed by atoms with E-state index in [1.165, 1.54) is 12.1 Å². The SMILES string of the molecule is Cc1cc(CNS(=O)(=O)c2c(F)cccc2Br)no1. The second-order valence-corrected chi connectivity index (χ2v) is 6.36. The van der Waals surface area contributed by atoms with E-state index in [4.69, 9.17) is 4.52 Å². The lowest BCUT2D eigenvalue weighted by Gasteiger charge is -2.08. The van der Waals surface area contributed by atoms with Crippen molar-refractivity contribution in [2.45, 2.75) is 18.4 Å². The maximum Gasteiger partial charge on any atom is 0.244 e. The van der Waals surface area contributed by atoms with E-state index < -0.39 is 20.7 Å². The van der Waals surface area contributed by atoms with Gasteiger partial charge in [0, 0.05) is 10.5 Å². The Bertz CT molecular complexity index is 679. The number of nitrogens with one attached hydrogen (secondary N) is 1. The molecule has 1 heterocycles. The fraction of sp³-hybridized carbons (Fsp3) is 0.182. The number of nitrogens with zero attached hydrogens (tertiary/aromatic N) is 1. The van der Waals surface area contributed by atoms with Gasteiger partial charge in [0.15, 0.2) is 0 Å². The molecule has 8 heteroatoms. The largest absolute Gasteiger partial charge is 0.361 e. The number of halogens is 2. The van der Waals surface area contributed by atoms with Crippen molar-refractivity contribution in [3.8, 4) is 0 Å². The summed E-state index contributed by atoms with van der Waals surface area (Å²) in [4.78, 5) is -0.421. The minimum absolute atomic E-state index is 0.0690. The van der Waals surface area contributed by atoms with Gasteiger partial charge in [-0.25, -0.2) is 17.5 Å². The van der Waals surface area contributed by atoms with E-state index in [-0.39, 0.29) is 11.0 Å². The first-order chi connectivity index (χ1) is 8.90. The molecule has 5 nitrogen and oxygen atoms in total. The molecule has 0 unspecified atom stereocenters. The van der Waals surface area contributed by atoms with Crippen LogP contribution < -0.4 is 4.72 Å². The van der Waals surface area contributed by atoms with Gasteiger partial charge in [0.1, 0.15) is 16.5 Å². The van der Waals surface area contributed by atoms with Crippen LogP contribution in [0.15, 0.2) is 38.2 Å². The van der Waals surface area contributed by atoms with Crippen LogP contribution >= 0.6 is 15.9 Å². The standard InChI is InChI=1S/C11H10BrFN2O3S/c1-7-5-8(15-18-7)6-14-19(16,17)11-9(12)3-2-4-10(11)13/h2-5,14H,6H2,1H3. The topological polar surface area (TPSA) is 72.2 Å². The number of aromatic nitrogens is 1. The lowest BCUT2D eigenvalue weighted by molar-refractivity contribution is 0.390. The van der Waals surface area contributed by atoms with E-state index in [0.717, 1.165) is 6.07 Å². The Kier molecular flexibility index (Phi) is 4.02. The van der Waals surface area contributed by atoms with Gasteiger partial charge in [-0.1, -0.05) is 11.2 Å². The predicted octanol–water partition coefficient (Wildman–Crippen LogP) is 2.36. The average molecular weight is 349 g/mol. The molecule has 0 saturated carbocycles. The molecule has 1 aromatic carbocycles. The summed E-state index contributed by atoms with van der Waals surface area (Å²) in [5.41, 5.74) is 0.425. The molecule has 0 saturated heterocycles. The Hall–Kier alpha value is -1.25. The van der Waals surface area contributed by atoms with Crippen LogP contribution in [0.5, 0.6) is 0 Å². The predicted molar refractivity (Wildman–Crippen MR) is 69.4 cm³/mol. The van der Waals surface area contributed by atoms with E-state index in [1.54, 1.807) is 13.0 Å². The highest BCUT2D eigenvalue weighted by Gasteiger charge is 2.22. The Labute approximate surface area is 118 Å². The number of hydrogen-bond donors (Lipinski definition) is 1. The summed E-state index contributed by atoms with van der Waals surface area (Å²) in [6.45, 7) is 1.62. The van der Waals surface area contributed by atoms with Crippen molar-refractivity contribution in [2.75, 3.05) is 0 Å². The van der Waals surface area contributed by atoms with Crippen molar-refractivity contribution in [1.82, 2.24) is 9.88 Å². The number of rotatable bonds is 4. The first-order valence-electron chi connectivity index (χ1n) is 5.26. The summed E-state index contributed by atoms with van der Waals surface area (Å²) in [6, 6.07) is 5.55. The minimum Gasteiger partial charge on any atom is -0.361 e. The second kappa shape index (κ2) is 5.40. The van der Waals surface area contributed by atoms with Gasteiger partial charge in [-0.3, -0.25) is 0 Å². The van der Waals surface area contributed by atoms with Crippen molar-refractivity contribution in [1.29, 1.82) is 0 Å². The maximum atomic E-state index is 13.6. The van der Waals surface area contributed by atoms with E-state index in [0.29, 0.717) is 11.5 Å². The maximum absolute atomic E-state index is 13.6. The Morgan fingerprint density at radius 3 is 2.79 bits per heavy atom. The van der Waals surface area contributed by atoms with Crippen LogP contribution in [0.25, 0.3) is 0 Å². The Balaban J connectivity index is 2.23. The molecule has 0 fully saturated rings. The minimum atomic E-state index is -3.96. The number of benzene rings is 1. The van der Waals surface area contributed by atoms with Crippen molar-refractivity contribution < 1.29 is 17.3 Å². The second-order valence-electron chi connectivity index (χ2n) is 3.80. The van der Waals surface area contributed by atoms with Gasteiger partial charge in [-0.05, 0) is 35.0 Å². The van der Waals surface area contributed by atoms with E-state index in [2.05, 4.69) is 25.8 Å². The molecule has 0 bridgehead atoms. The van der Waals surface area contributed by atoms with Crippen LogP contribution in [0.3, 0.4) is 0 Å². The molecule has 0 aliphatic rings. The summed E-state index contributed by atoms with van der Waals surface area (Å²) >= 11 is 3.02. The molecular weight excluding hydrogens is 339 g/mol. The van der Waals surface area contributed by atoms with Crippen LogP contribution in [0.1, 0.15) is 11.5 Å². The molecule has 2 rings (SSSR count). The molecular formula is C11H10BrFN2O3S. The molecule has 0 aliphatic carbocycles. The molecule has 102 valence electrons. The van der Waals surface area contributed by atoms with Crippen LogP contribution in [0, 0.1) is 12.7 Å². The van der Waals surface area contributed by atoms with Gasteiger partial charge in [-0.15, -0.1) is 0 Å². The van der Waals surface area contributed by atoms with Gasteiger partial charge >= 0.3 is 0 Å². The molecule has 1 aromatic heterocycles. The van der Waals surface area contributed by atoms with Crippen molar-refractivity contribution in [3.63, 3.8) is 0 Å². The van der Waals surface area contributed by atoms with Crippen LogP contribution in [-0.2, 0) is 16.6 Å². The van der Waals surface area contributed by atoms with Gasteiger partial charge < -0.3 is 4.52 Å². The van der Waals surface area contributed by atoms with Crippen molar-refractivity contribution in [2.24, 2.45) is 0 Å². The Morgan fingerprint density at radius 2 is 2.21 bits per heavy atom. The third-order valence-corrected chi connectivity index (χ3v) is 4.71. The van der Waals surface area contributed by atoms with Crippen molar-refractivity contribution in [3.05, 3.63) is 46.0 Å². The molecule has 1 N–H and O–H groups in total. The summed E-state index contributed by atoms with van der Waals surface area (Å²) in [6.07, 6.45) is 0. The zero-order chi connectivity index (χ0) is 14.0. The van der Waals surface area contributed by atoms with E-state index in [9.17, 15) is 12.8 Å². The van der Waals surface area contributed by atoms with Crippen LogP contribution in [-0.4, -0.2) is 13.6 Å². The van der Waals surface area contributed by atoms with E-state index in [1.807, 2.05) is 0 Å². The summed E-state index contributed by atoms with van der Waals surface area (Å²) in [5, 5.41) is 3.65. The smallest absolute Gasteiger partial charge is 0.244 e. The molecule has 0 amide bonds. The molecule has 0 radical (unpaired) electrons. The number of sulfonamides is 1. The normalized spacial score (nSPS) is 11.7.